The van der Waals surface area contributed by atoms with Crippen molar-refractivity contribution in [1.82, 2.24) is 10.2 Å². The van der Waals surface area contributed by atoms with Gasteiger partial charge in [0.05, 0.1) is 0 Å². The Hall–Kier alpha value is -0.0800. The summed E-state index contributed by atoms with van der Waals surface area (Å²) in [7, 11) is 0. The van der Waals surface area contributed by atoms with E-state index in [1.807, 2.05) is 0 Å². The fourth-order valence-corrected chi connectivity index (χ4v) is 4.21. The minimum absolute atomic E-state index is 0.586. The van der Waals surface area contributed by atoms with Crippen LogP contribution in [-0.2, 0) is 0 Å². The Morgan fingerprint density at radius 3 is 2.29 bits per heavy atom. The number of rotatable bonds is 9. The molecule has 3 rings (SSSR count). The van der Waals surface area contributed by atoms with Gasteiger partial charge in [-0.15, -0.1) is 0 Å². The van der Waals surface area contributed by atoms with Crippen LogP contribution in [0.4, 0.5) is 0 Å². The molecular formula is C19H36N2. The van der Waals surface area contributed by atoms with Gasteiger partial charge in [-0.2, -0.15) is 0 Å². The molecule has 122 valence electrons. The second kappa shape index (κ2) is 7.46. The fourth-order valence-electron chi connectivity index (χ4n) is 4.21. The maximum Gasteiger partial charge on any atom is 0.00684 e. The molecule has 0 bridgehead atoms. The van der Waals surface area contributed by atoms with Gasteiger partial charge in [0.2, 0.25) is 0 Å². The third-order valence-electron chi connectivity index (χ3n) is 5.82. The zero-order valence-corrected chi connectivity index (χ0v) is 14.2. The van der Waals surface area contributed by atoms with E-state index < -0.39 is 0 Å². The van der Waals surface area contributed by atoms with Crippen molar-refractivity contribution in [1.29, 1.82) is 0 Å². The lowest BCUT2D eigenvalue weighted by Crippen LogP contribution is -2.45. The molecule has 0 spiro atoms. The van der Waals surface area contributed by atoms with E-state index in [9.17, 15) is 0 Å². The number of hydrogen-bond acceptors (Lipinski definition) is 2. The smallest absolute Gasteiger partial charge is 0.00684 e. The van der Waals surface area contributed by atoms with E-state index in [1.165, 1.54) is 96.8 Å². The lowest BCUT2D eigenvalue weighted by Gasteiger charge is -2.38. The largest absolute Gasteiger partial charge is 0.313 e. The van der Waals surface area contributed by atoms with Crippen LogP contribution in [0.1, 0.15) is 77.6 Å². The molecule has 2 nitrogen and oxygen atoms in total. The van der Waals surface area contributed by atoms with Crippen LogP contribution in [0.3, 0.4) is 0 Å². The molecule has 21 heavy (non-hydrogen) atoms. The molecule has 0 amide bonds. The standard InChI is InChI=1S/C19H36N2/c1-2-13-21(14-17-7-8-17)16-19(15-20-18-9-10-18)11-5-3-4-6-12-19/h17-18,20H,2-16H2,1H3. The highest BCUT2D eigenvalue weighted by atomic mass is 15.1. The predicted octanol–water partition coefficient (Wildman–Crippen LogP) is 4.20. The maximum absolute atomic E-state index is 3.88. The van der Waals surface area contributed by atoms with Crippen molar-refractivity contribution >= 4 is 0 Å². The topological polar surface area (TPSA) is 15.3 Å². The van der Waals surface area contributed by atoms with Crippen molar-refractivity contribution < 1.29 is 0 Å². The number of hydrogen-bond donors (Lipinski definition) is 1. The summed E-state index contributed by atoms with van der Waals surface area (Å²) in [5.41, 5.74) is 0.586. The molecule has 1 N–H and O–H groups in total. The van der Waals surface area contributed by atoms with Crippen LogP contribution in [0.15, 0.2) is 0 Å². The van der Waals surface area contributed by atoms with E-state index in [1.54, 1.807) is 0 Å². The Balaban J connectivity index is 1.59. The van der Waals surface area contributed by atoms with Crippen LogP contribution in [0.25, 0.3) is 0 Å². The van der Waals surface area contributed by atoms with Crippen LogP contribution < -0.4 is 5.32 Å². The summed E-state index contributed by atoms with van der Waals surface area (Å²) in [4.78, 5) is 2.83. The Morgan fingerprint density at radius 1 is 1.00 bits per heavy atom. The average molecular weight is 293 g/mol. The van der Waals surface area contributed by atoms with E-state index in [4.69, 9.17) is 0 Å². The molecule has 3 fully saturated rings. The van der Waals surface area contributed by atoms with Crippen molar-refractivity contribution in [2.24, 2.45) is 11.3 Å². The lowest BCUT2D eigenvalue weighted by molar-refractivity contribution is 0.122. The first-order valence-corrected chi connectivity index (χ1v) is 9.75. The second-order valence-electron chi connectivity index (χ2n) is 8.25. The van der Waals surface area contributed by atoms with Crippen LogP contribution in [0.2, 0.25) is 0 Å². The SMILES string of the molecule is CCCN(CC1CC1)CC1(CNC2CC2)CCCCCC1. The Kier molecular flexibility index (Phi) is 5.61. The fraction of sp³-hybridized carbons (Fsp3) is 1.00. The Bertz CT molecular complexity index is 299. The van der Waals surface area contributed by atoms with Gasteiger partial charge in [0.25, 0.3) is 0 Å². The molecule has 0 aliphatic heterocycles. The first kappa shape index (κ1) is 15.8. The van der Waals surface area contributed by atoms with Crippen molar-refractivity contribution in [2.45, 2.75) is 83.6 Å². The van der Waals surface area contributed by atoms with Crippen LogP contribution in [-0.4, -0.2) is 37.1 Å². The highest BCUT2D eigenvalue weighted by Gasteiger charge is 2.36. The summed E-state index contributed by atoms with van der Waals surface area (Å²) < 4.78 is 0. The summed E-state index contributed by atoms with van der Waals surface area (Å²) in [5, 5.41) is 3.88. The molecule has 2 heteroatoms. The van der Waals surface area contributed by atoms with Gasteiger partial charge >= 0.3 is 0 Å². The minimum atomic E-state index is 0.586. The van der Waals surface area contributed by atoms with E-state index in [-0.39, 0.29) is 0 Å². The van der Waals surface area contributed by atoms with Gasteiger partial charge in [-0.3, -0.25) is 0 Å². The second-order valence-corrected chi connectivity index (χ2v) is 8.25. The average Bonchev–Trinajstić information content (AvgIpc) is 3.34. The molecule has 3 saturated carbocycles. The van der Waals surface area contributed by atoms with Gasteiger partial charge in [0.1, 0.15) is 0 Å². The van der Waals surface area contributed by atoms with Crippen molar-refractivity contribution in [3.8, 4) is 0 Å². The Labute approximate surface area is 132 Å². The first-order chi connectivity index (χ1) is 10.3. The van der Waals surface area contributed by atoms with E-state index in [0.717, 1.165) is 12.0 Å². The van der Waals surface area contributed by atoms with Gasteiger partial charge in [-0.1, -0.05) is 32.6 Å². The van der Waals surface area contributed by atoms with Crippen LogP contribution >= 0.6 is 0 Å². The normalized spacial score (nSPS) is 26.0. The summed E-state index contributed by atoms with van der Waals surface area (Å²) >= 11 is 0. The molecule has 0 atom stereocenters. The van der Waals surface area contributed by atoms with E-state index in [2.05, 4.69) is 17.1 Å². The van der Waals surface area contributed by atoms with Gasteiger partial charge in [0, 0.05) is 25.7 Å². The molecule has 3 aliphatic carbocycles. The van der Waals surface area contributed by atoms with Gasteiger partial charge in [-0.25, -0.2) is 0 Å². The molecule has 0 heterocycles. The summed E-state index contributed by atoms with van der Waals surface area (Å²) in [5.74, 6) is 1.04. The van der Waals surface area contributed by atoms with E-state index in [0.29, 0.717) is 5.41 Å². The zero-order chi connectivity index (χ0) is 14.5. The summed E-state index contributed by atoms with van der Waals surface area (Å²) in [6.45, 7) is 7.72. The minimum Gasteiger partial charge on any atom is -0.313 e. The lowest BCUT2D eigenvalue weighted by atomic mass is 9.79. The van der Waals surface area contributed by atoms with Crippen molar-refractivity contribution in [3.63, 3.8) is 0 Å². The molecule has 0 saturated heterocycles. The maximum atomic E-state index is 3.88. The monoisotopic (exact) mass is 292 g/mol. The number of nitrogens with zero attached hydrogens (tertiary/aromatic N) is 1. The van der Waals surface area contributed by atoms with Crippen LogP contribution in [0, 0.1) is 11.3 Å². The zero-order valence-electron chi connectivity index (χ0n) is 14.2. The predicted molar refractivity (Wildman–Crippen MR) is 90.6 cm³/mol. The molecule has 0 aromatic heterocycles. The third kappa shape index (κ3) is 5.25. The molecule has 0 aromatic rings. The van der Waals surface area contributed by atoms with Crippen molar-refractivity contribution in [3.05, 3.63) is 0 Å². The Morgan fingerprint density at radius 2 is 1.71 bits per heavy atom. The molecule has 3 aliphatic rings. The highest BCUT2D eigenvalue weighted by molar-refractivity contribution is 4.91. The highest BCUT2D eigenvalue weighted by Crippen LogP contribution is 2.38. The molecular weight excluding hydrogens is 256 g/mol. The van der Waals surface area contributed by atoms with E-state index >= 15 is 0 Å². The van der Waals surface area contributed by atoms with Crippen LogP contribution in [0.5, 0.6) is 0 Å². The molecule has 0 aromatic carbocycles. The molecule has 0 unspecified atom stereocenters. The number of nitrogens with one attached hydrogen (secondary N) is 1. The third-order valence-corrected chi connectivity index (χ3v) is 5.82. The summed E-state index contributed by atoms with van der Waals surface area (Å²) in [6.07, 6.45) is 16.0. The summed E-state index contributed by atoms with van der Waals surface area (Å²) in [6, 6.07) is 0.869. The van der Waals surface area contributed by atoms with Crippen molar-refractivity contribution in [2.75, 3.05) is 26.2 Å². The molecule has 0 radical (unpaired) electrons. The van der Waals surface area contributed by atoms with Gasteiger partial charge in [0.15, 0.2) is 0 Å². The quantitative estimate of drug-likeness (QED) is 0.641. The van der Waals surface area contributed by atoms with Gasteiger partial charge < -0.3 is 10.2 Å². The van der Waals surface area contributed by atoms with Gasteiger partial charge in [-0.05, 0) is 62.8 Å². The first-order valence-electron chi connectivity index (χ1n) is 9.75.